The number of hydrogen-bond donors (Lipinski definition) is 2. The summed E-state index contributed by atoms with van der Waals surface area (Å²) in [6, 6.07) is 9.04. The Labute approximate surface area is 163 Å². The zero-order chi connectivity index (χ0) is 18.7. The minimum Gasteiger partial charge on any atom is -0.342 e. The molecular formula is C20H24N4O2S. The number of amides is 2. The number of rotatable bonds is 4. The molecule has 2 amide bonds. The van der Waals surface area contributed by atoms with Gasteiger partial charge in [0.05, 0.1) is 12.1 Å². The number of anilines is 1. The van der Waals surface area contributed by atoms with Gasteiger partial charge in [-0.1, -0.05) is 18.2 Å². The SMILES string of the molecule is O=C(Nc1nc(CC(=O)N2CCC3(CCNC3)CC2)cs1)c1ccccc1. The smallest absolute Gasteiger partial charge is 0.257 e. The first kappa shape index (κ1) is 18.1. The van der Waals surface area contributed by atoms with Crippen molar-refractivity contribution in [3.05, 3.63) is 47.0 Å². The molecule has 1 spiro atoms. The minimum absolute atomic E-state index is 0.127. The summed E-state index contributed by atoms with van der Waals surface area (Å²) in [6.45, 7) is 3.86. The van der Waals surface area contributed by atoms with Crippen LogP contribution in [0.5, 0.6) is 0 Å². The normalized spacial score (nSPS) is 18.6. The largest absolute Gasteiger partial charge is 0.342 e. The van der Waals surface area contributed by atoms with Crippen LogP contribution in [0.3, 0.4) is 0 Å². The molecule has 2 N–H and O–H groups in total. The van der Waals surface area contributed by atoms with E-state index in [2.05, 4.69) is 15.6 Å². The van der Waals surface area contributed by atoms with E-state index in [1.807, 2.05) is 28.5 Å². The molecule has 2 aromatic rings. The van der Waals surface area contributed by atoms with Crippen LogP contribution in [0.15, 0.2) is 35.7 Å². The van der Waals surface area contributed by atoms with E-state index in [9.17, 15) is 9.59 Å². The van der Waals surface area contributed by atoms with Gasteiger partial charge in [0.15, 0.2) is 5.13 Å². The molecule has 1 aromatic carbocycles. The summed E-state index contributed by atoms with van der Waals surface area (Å²) in [6.07, 6.45) is 3.69. The molecule has 0 atom stereocenters. The standard InChI is InChI=1S/C20H24N4O2S/c25-17(24-10-7-20(8-11-24)6-9-21-14-20)12-16-13-27-19(22-16)23-18(26)15-4-2-1-3-5-15/h1-5,13,21H,6-12,14H2,(H,22,23,26). The highest BCUT2D eigenvalue weighted by atomic mass is 32.1. The molecule has 3 heterocycles. The molecule has 6 nitrogen and oxygen atoms in total. The molecule has 0 bridgehead atoms. The molecule has 7 heteroatoms. The number of likely N-dealkylation sites (tertiary alicyclic amines) is 1. The number of piperidine rings is 1. The highest BCUT2D eigenvalue weighted by Gasteiger charge is 2.38. The maximum Gasteiger partial charge on any atom is 0.257 e. The summed E-state index contributed by atoms with van der Waals surface area (Å²) in [4.78, 5) is 31.2. The Morgan fingerprint density at radius 1 is 1.19 bits per heavy atom. The minimum atomic E-state index is -0.186. The van der Waals surface area contributed by atoms with Gasteiger partial charge in [0, 0.05) is 30.6 Å². The predicted octanol–water partition coefficient (Wildman–Crippen LogP) is 2.54. The molecule has 2 fully saturated rings. The molecule has 2 aliphatic rings. The highest BCUT2D eigenvalue weighted by Crippen LogP contribution is 2.37. The predicted molar refractivity (Wildman–Crippen MR) is 106 cm³/mol. The first-order chi connectivity index (χ1) is 13.1. The van der Waals surface area contributed by atoms with Gasteiger partial charge in [-0.3, -0.25) is 14.9 Å². The van der Waals surface area contributed by atoms with Crippen molar-refractivity contribution in [3.63, 3.8) is 0 Å². The average molecular weight is 385 g/mol. The second-order valence-corrected chi connectivity index (χ2v) is 8.31. The third kappa shape index (κ3) is 4.20. The fourth-order valence-electron chi connectivity index (χ4n) is 3.92. The van der Waals surface area contributed by atoms with Gasteiger partial charge in [0.1, 0.15) is 0 Å². The molecule has 142 valence electrons. The number of carbonyl (C=O) groups excluding carboxylic acids is 2. The second-order valence-electron chi connectivity index (χ2n) is 7.45. The first-order valence-electron chi connectivity index (χ1n) is 9.43. The molecule has 0 saturated carbocycles. The van der Waals surface area contributed by atoms with E-state index in [1.165, 1.54) is 17.8 Å². The van der Waals surface area contributed by atoms with Crippen molar-refractivity contribution in [1.82, 2.24) is 15.2 Å². The number of nitrogens with one attached hydrogen (secondary N) is 2. The van der Waals surface area contributed by atoms with Crippen LogP contribution in [-0.2, 0) is 11.2 Å². The van der Waals surface area contributed by atoms with E-state index in [0.29, 0.717) is 22.5 Å². The fourth-order valence-corrected chi connectivity index (χ4v) is 4.63. The Kier molecular flexibility index (Phi) is 5.22. The van der Waals surface area contributed by atoms with Gasteiger partial charge in [-0.15, -0.1) is 11.3 Å². The lowest BCUT2D eigenvalue weighted by atomic mass is 9.78. The van der Waals surface area contributed by atoms with Crippen molar-refractivity contribution in [2.75, 3.05) is 31.5 Å². The molecule has 2 aliphatic heterocycles. The van der Waals surface area contributed by atoms with Crippen LogP contribution >= 0.6 is 11.3 Å². The van der Waals surface area contributed by atoms with Crippen molar-refractivity contribution in [2.24, 2.45) is 5.41 Å². The summed E-state index contributed by atoms with van der Waals surface area (Å²) in [5.41, 5.74) is 1.72. The number of hydrogen-bond acceptors (Lipinski definition) is 5. The summed E-state index contributed by atoms with van der Waals surface area (Å²) in [7, 11) is 0. The zero-order valence-electron chi connectivity index (χ0n) is 15.2. The van der Waals surface area contributed by atoms with Crippen molar-refractivity contribution in [1.29, 1.82) is 0 Å². The van der Waals surface area contributed by atoms with Gasteiger partial charge in [-0.2, -0.15) is 0 Å². The van der Waals surface area contributed by atoms with Crippen LogP contribution in [0.1, 0.15) is 35.3 Å². The van der Waals surface area contributed by atoms with E-state index in [-0.39, 0.29) is 11.8 Å². The Morgan fingerprint density at radius 2 is 1.96 bits per heavy atom. The summed E-state index contributed by atoms with van der Waals surface area (Å²) < 4.78 is 0. The highest BCUT2D eigenvalue weighted by molar-refractivity contribution is 7.14. The Hall–Kier alpha value is -2.25. The third-order valence-corrected chi connectivity index (χ3v) is 6.46. The van der Waals surface area contributed by atoms with Crippen molar-refractivity contribution in [3.8, 4) is 0 Å². The lowest BCUT2D eigenvalue weighted by Crippen LogP contribution is -2.44. The van der Waals surface area contributed by atoms with Gasteiger partial charge in [-0.05, 0) is 43.4 Å². The Bertz CT molecular complexity index is 804. The molecule has 4 rings (SSSR count). The van der Waals surface area contributed by atoms with Gasteiger partial charge in [0.2, 0.25) is 5.91 Å². The lowest BCUT2D eigenvalue weighted by molar-refractivity contribution is -0.132. The van der Waals surface area contributed by atoms with E-state index < -0.39 is 0 Å². The van der Waals surface area contributed by atoms with Crippen LogP contribution in [0, 0.1) is 5.41 Å². The van der Waals surface area contributed by atoms with Gasteiger partial charge in [0.25, 0.3) is 5.91 Å². The zero-order valence-corrected chi connectivity index (χ0v) is 16.1. The van der Waals surface area contributed by atoms with E-state index in [1.54, 1.807) is 12.1 Å². The van der Waals surface area contributed by atoms with Crippen LogP contribution in [0.4, 0.5) is 5.13 Å². The van der Waals surface area contributed by atoms with Crippen LogP contribution in [0.25, 0.3) is 0 Å². The van der Waals surface area contributed by atoms with Crippen molar-refractivity contribution in [2.45, 2.75) is 25.7 Å². The second kappa shape index (κ2) is 7.78. The van der Waals surface area contributed by atoms with Gasteiger partial charge in [-0.25, -0.2) is 4.98 Å². The van der Waals surface area contributed by atoms with E-state index >= 15 is 0 Å². The monoisotopic (exact) mass is 384 g/mol. The maximum atomic E-state index is 12.6. The van der Waals surface area contributed by atoms with Gasteiger partial charge >= 0.3 is 0 Å². The van der Waals surface area contributed by atoms with Crippen molar-refractivity contribution >= 4 is 28.3 Å². The number of aromatic nitrogens is 1. The summed E-state index contributed by atoms with van der Waals surface area (Å²) in [5, 5.41) is 8.63. The van der Waals surface area contributed by atoms with E-state index in [0.717, 1.165) is 44.7 Å². The molecular weight excluding hydrogens is 360 g/mol. The lowest BCUT2D eigenvalue weighted by Gasteiger charge is -2.38. The molecule has 0 radical (unpaired) electrons. The number of carbonyl (C=O) groups is 2. The number of thiazole rings is 1. The van der Waals surface area contributed by atoms with Crippen LogP contribution < -0.4 is 10.6 Å². The fraction of sp³-hybridized carbons (Fsp3) is 0.450. The van der Waals surface area contributed by atoms with Crippen LogP contribution in [-0.4, -0.2) is 47.9 Å². The first-order valence-corrected chi connectivity index (χ1v) is 10.3. The van der Waals surface area contributed by atoms with E-state index in [4.69, 9.17) is 0 Å². The van der Waals surface area contributed by atoms with Crippen molar-refractivity contribution < 1.29 is 9.59 Å². The molecule has 27 heavy (non-hydrogen) atoms. The Balaban J connectivity index is 1.30. The molecule has 2 saturated heterocycles. The third-order valence-electron chi connectivity index (χ3n) is 5.65. The molecule has 0 aliphatic carbocycles. The average Bonchev–Trinajstić information content (AvgIpc) is 3.33. The van der Waals surface area contributed by atoms with Crippen LogP contribution in [0.2, 0.25) is 0 Å². The quantitative estimate of drug-likeness (QED) is 0.850. The summed E-state index contributed by atoms with van der Waals surface area (Å²) >= 11 is 1.35. The Morgan fingerprint density at radius 3 is 2.67 bits per heavy atom. The molecule has 1 aromatic heterocycles. The maximum absolute atomic E-state index is 12.6. The number of benzene rings is 1. The number of nitrogens with zero attached hydrogens (tertiary/aromatic N) is 2. The molecule has 0 unspecified atom stereocenters. The van der Waals surface area contributed by atoms with Gasteiger partial charge < -0.3 is 10.2 Å². The summed E-state index contributed by atoms with van der Waals surface area (Å²) in [5.74, 6) is -0.0589. The topological polar surface area (TPSA) is 74.3 Å².